The van der Waals surface area contributed by atoms with E-state index in [4.69, 9.17) is 4.74 Å². The van der Waals surface area contributed by atoms with Gasteiger partial charge in [-0.15, -0.1) is 10.2 Å². The predicted octanol–water partition coefficient (Wildman–Crippen LogP) is 3.63. The third kappa shape index (κ3) is 5.29. The van der Waals surface area contributed by atoms with E-state index in [2.05, 4.69) is 32.2 Å². The zero-order chi connectivity index (χ0) is 20.8. The second-order valence-corrected chi connectivity index (χ2v) is 8.47. The number of aromatic nitrogens is 3. The van der Waals surface area contributed by atoms with Gasteiger partial charge in [0.05, 0.1) is 6.61 Å². The van der Waals surface area contributed by atoms with E-state index in [-0.39, 0.29) is 11.2 Å². The zero-order valence-electron chi connectivity index (χ0n) is 17.0. The van der Waals surface area contributed by atoms with Gasteiger partial charge in [0.15, 0.2) is 5.16 Å². The Hall–Kier alpha value is -2.64. The first-order valence-corrected chi connectivity index (χ1v) is 11.1. The van der Waals surface area contributed by atoms with E-state index >= 15 is 0 Å². The molecular weight excluding hydrogens is 396 g/mol. The molecule has 4 rings (SSSR count). The van der Waals surface area contributed by atoms with Gasteiger partial charge in [-0.1, -0.05) is 72.4 Å². The molecule has 1 aliphatic rings. The largest absolute Gasteiger partial charge is 0.383 e. The number of ether oxygens (including phenoxy) is 1. The maximum absolute atomic E-state index is 13.0. The van der Waals surface area contributed by atoms with Gasteiger partial charge in [0, 0.05) is 26.1 Å². The molecule has 0 aliphatic heterocycles. The molecule has 1 fully saturated rings. The molecule has 1 aromatic heterocycles. The Kier molecular flexibility index (Phi) is 6.81. The molecule has 1 N–H and O–H groups in total. The number of hydrogen-bond donors (Lipinski definition) is 1. The van der Waals surface area contributed by atoms with Crippen LogP contribution in [0.25, 0.3) is 0 Å². The van der Waals surface area contributed by atoms with Gasteiger partial charge in [-0.3, -0.25) is 4.79 Å². The molecule has 0 unspecified atom stereocenters. The summed E-state index contributed by atoms with van der Waals surface area (Å²) < 4.78 is 7.38. The van der Waals surface area contributed by atoms with E-state index in [1.54, 1.807) is 7.11 Å². The highest BCUT2D eigenvalue weighted by Crippen LogP contribution is 2.36. The minimum atomic E-state index is -0.373. The number of hydrogen-bond acceptors (Lipinski definition) is 5. The summed E-state index contributed by atoms with van der Waals surface area (Å²) >= 11 is 1.45. The van der Waals surface area contributed by atoms with Crippen molar-refractivity contribution < 1.29 is 9.53 Å². The third-order valence-corrected chi connectivity index (χ3v) is 6.24. The van der Waals surface area contributed by atoms with Crippen molar-refractivity contribution in [2.24, 2.45) is 0 Å². The minimum Gasteiger partial charge on any atom is -0.383 e. The first kappa shape index (κ1) is 20.6. The monoisotopic (exact) mass is 422 g/mol. The molecule has 1 saturated carbocycles. The lowest BCUT2D eigenvalue weighted by Gasteiger charge is -2.17. The maximum atomic E-state index is 13.0. The lowest BCUT2D eigenvalue weighted by Crippen LogP contribution is -2.30. The van der Waals surface area contributed by atoms with Crippen molar-refractivity contribution in [1.82, 2.24) is 20.1 Å². The van der Waals surface area contributed by atoms with Crippen LogP contribution >= 0.6 is 11.8 Å². The second-order valence-electron chi connectivity index (χ2n) is 7.40. The molecule has 0 saturated heterocycles. The second kappa shape index (κ2) is 9.91. The van der Waals surface area contributed by atoms with Crippen molar-refractivity contribution in [3.8, 4) is 0 Å². The zero-order valence-corrected chi connectivity index (χ0v) is 17.8. The molecule has 0 spiro atoms. The Morgan fingerprint density at radius 2 is 1.83 bits per heavy atom. The first-order chi connectivity index (χ1) is 14.7. The maximum Gasteiger partial charge on any atom is 0.238 e. The lowest BCUT2D eigenvalue weighted by molar-refractivity contribution is -0.120. The van der Waals surface area contributed by atoms with Crippen LogP contribution in [0.2, 0.25) is 0 Å². The van der Waals surface area contributed by atoms with Crippen LogP contribution in [0.1, 0.15) is 35.0 Å². The standard InChI is InChI=1S/C23H26N4O2S/c1-29-15-14-27-20(16-17-8-4-2-5-9-17)25-26-23(27)30-21(18-10-6-3-7-11-18)22(28)24-19-12-13-19/h2-11,19,21H,12-16H2,1H3,(H,24,28)/t21-/m0/s1. The first-order valence-electron chi connectivity index (χ1n) is 10.2. The fraction of sp³-hybridized carbons (Fsp3) is 0.348. The molecule has 0 bridgehead atoms. The van der Waals surface area contributed by atoms with Crippen molar-refractivity contribution in [2.75, 3.05) is 13.7 Å². The van der Waals surface area contributed by atoms with E-state index < -0.39 is 0 Å². The van der Waals surface area contributed by atoms with E-state index in [1.165, 1.54) is 17.3 Å². The van der Waals surface area contributed by atoms with Crippen LogP contribution in [-0.2, 0) is 22.5 Å². The Bertz CT molecular complexity index is 958. The molecule has 156 valence electrons. The van der Waals surface area contributed by atoms with Crippen molar-refractivity contribution >= 4 is 17.7 Å². The molecule has 6 nitrogen and oxygen atoms in total. The van der Waals surface area contributed by atoms with Gasteiger partial charge >= 0.3 is 0 Å². The summed E-state index contributed by atoms with van der Waals surface area (Å²) in [6.07, 6.45) is 2.80. The number of carbonyl (C=O) groups is 1. The molecule has 1 atom stereocenters. The molecule has 7 heteroatoms. The SMILES string of the molecule is COCCn1c(Cc2ccccc2)nnc1S[C@H](C(=O)NC1CC1)c1ccccc1. The van der Waals surface area contributed by atoms with E-state index in [0.717, 1.165) is 29.4 Å². The van der Waals surface area contributed by atoms with Crippen LogP contribution in [0.5, 0.6) is 0 Å². The fourth-order valence-electron chi connectivity index (χ4n) is 3.23. The van der Waals surface area contributed by atoms with Gasteiger partial charge in [-0.25, -0.2) is 0 Å². The van der Waals surface area contributed by atoms with Crippen molar-refractivity contribution in [1.29, 1.82) is 0 Å². The molecule has 1 heterocycles. The van der Waals surface area contributed by atoms with Gasteiger partial charge in [0.25, 0.3) is 0 Å². The Morgan fingerprint density at radius 3 is 2.50 bits per heavy atom. The third-order valence-electron chi connectivity index (χ3n) is 5.00. The number of nitrogens with one attached hydrogen (secondary N) is 1. The quantitative estimate of drug-likeness (QED) is 0.505. The highest BCUT2D eigenvalue weighted by atomic mass is 32.2. The summed E-state index contributed by atoms with van der Waals surface area (Å²) in [7, 11) is 1.68. The number of benzene rings is 2. The van der Waals surface area contributed by atoms with Crippen LogP contribution in [0.3, 0.4) is 0 Å². The molecule has 1 aliphatic carbocycles. The van der Waals surface area contributed by atoms with Gasteiger partial charge in [0.1, 0.15) is 11.1 Å². The van der Waals surface area contributed by atoms with Gasteiger partial charge < -0.3 is 14.6 Å². The summed E-state index contributed by atoms with van der Waals surface area (Å²) in [5, 5.41) is 12.4. The summed E-state index contributed by atoms with van der Waals surface area (Å²) in [5.41, 5.74) is 2.14. The van der Waals surface area contributed by atoms with Crippen LogP contribution in [0, 0.1) is 0 Å². The summed E-state index contributed by atoms with van der Waals surface area (Å²) in [6.45, 7) is 1.19. The van der Waals surface area contributed by atoms with E-state index in [9.17, 15) is 4.79 Å². The highest BCUT2D eigenvalue weighted by molar-refractivity contribution is 8.00. The molecule has 2 aromatic carbocycles. The molecule has 3 aromatic rings. The normalized spacial score (nSPS) is 14.4. The molecular formula is C23H26N4O2S. The Labute approximate surface area is 181 Å². The number of amides is 1. The summed E-state index contributed by atoms with van der Waals surface area (Å²) in [5.74, 6) is 0.898. The van der Waals surface area contributed by atoms with E-state index in [0.29, 0.717) is 25.6 Å². The van der Waals surface area contributed by atoms with Gasteiger partial charge in [-0.05, 0) is 24.0 Å². The Morgan fingerprint density at radius 1 is 1.13 bits per heavy atom. The predicted molar refractivity (Wildman–Crippen MR) is 117 cm³/mol. The number of thioether (sulfide) groups is 1. The topological polar surface area (TPSA) is 69.0 Å². The summed E-state index contributed by atoms with van der Waals surface area (Å²) in [4.78, 5) is 13.0. The van der Waals surface area contributed by atoms with Crippen molar-refractivity contribution in [3.05, 3.63) is 77.6 Å². The van der Waals surface area contributed by atoms with Crippen LogP contribution in [0.4, 0.5) is 0 Å². The van der Waals surface area contributed by atoms with Crippen molar-refractivity contribution in [3.63, 3.8) is 0 Å². The molecule has 30 heavy (non-hydrogen) atoms. The van der Waals surface area contributed by atoms with Crippen LogP contribution in [-0.4, -0.2) is 40.4 Å². The number of carbonyl (C=O) groups excluding carboxylic acids is 1. The number of nitrogens with zero attached hydrogens (tertiary/aromatic N) is 3. The average molecular weight is 423 g/mol. The average Bonchev–Trinajstić information content (AvgIpc) is 3.52. The van der Waals surface area contributed by atoms with Gasteiger partial charge in [0.2, 0.25) is 5.91 Å². The Balaban J connectivity index is 1.60. The summed E-state index contributed by atoms with van der Waals surface area (Å²) in [6, 6.07) is 20.4. The number of methoxy groups -OCH3 is 1. The minimum absolute atomic E-state index is 0.0274. The van der Waals surface area contributed by atoms with Gasteiger partial charge in [-0.2, -0.15) is 0 Å². The number of rotatable bonds is 10. The van der Waals surface area contributed by atoms with Crippen LogP contribution in [0.15, 0.2) is 65.8 Å². The molecule has 1 amide bonds. The molecule has 0 radical (unpaired) electrons. The highest BCUT2D eigenvalue weighted by Gasteiger charge is 2.30. The van der Waals surface area contributed by atoms with Crippen LogP contribution < -0.4 is 5.32 Å². The van der Waals surface area contributed by atoms with Crippen molar-refractivity contribution in [2.45, 2.75) is 42.3 Å². The fourth-order valence-corrected chi connectivity index (χ4v) is 4.32. The lowest BCUT2D eigenvalue weighted by atomic mass is 10.1. The smallest absolute Gasteiger partial charge is 0.238 e. The van der Waals surface area contributed by atoms with E-state index in [1.807, 2.05) is 48.5 Å².